The van der Waals surface area contributed by atoms with Gasteiger partial charge in [0.15, 0.2) is 0 Å². The summed E-state index contributed by atoms with van der Waals surface area (Å²) in [7, 11) is 2.16. The fourth-order valence-corrected chi connectivity index (χ4v) is 2.89. The van der Waals surface area contributed by atoms with Gasteiger partial charge in [-0.15, -0.1) is 0 Å². The second-order valence-electron chi connectivity index (χ2n) is 5.07. The number of rotatable bonds is 2. The Morgan fingerprint density at radius 1 is 1.21 bits per heavy atom. The number of fused-ring (bicyclic) bond motifs is 1. The quantitative estimate of drug-likeness (QED) is 0.894. The molecule has 0 saturated heterocycles. The van der Waals surface area contributed by atoms with E-state index >= 15 is 0 Å². The third-order valence-corrected chi connectivity index (χ3v) is 3.84. The van der Waals surface area contributed by atoms with Gasteiger partial charge in [0.05, 0.1) is 5.69 Å². The number of anilines is 2. The van der Waals surface area contributed by atoms with Gasteiger partial charge in [-0.05, 0) is 30.5 Å². The molecule has 0 bridgehead atoms. The average molecular weight is 253 g/mol. The molecule has 3 heteroatoms. The van der Waals surface area contributed by atoms with E-state index in [1.54, 1.807) is 0 Å². The first-order valence-corrected chi connectivity index (χ1v) is 6.79. The molecular weight excluding hydrogens is 234 g/mol. The lowest BCUT2D eigenvalue weighted by atomic mass is 9.98. The van der Waals surface area contributed by atoms with E-state index < -0.39 is 0 Å². The first kappa shape index (κ1) is 12.0. The van der Waals surface area contributed by atoms with Gasteiger partial charge in [-0.2, -0.15) is 0 Å². The van der Waals surface area contributed by atoms with Crippen molar-refractivity contribution in [2.24, 2.45) is 0 Å². The maximum Gasteiger partial charge on any atom is 0.123 e. The summed E-state index contributed by atoms with van der Waals surface area (Å²) >= 11 is 0. The standard InChI is InChI=1S/C16H19N3/c1-3-14-12(7-8-15(17)18-14)13-6-4-5-11-9-10-19(2)16(11)13/h4-8H,3,9-10H2,1-2H3,(H2,17,18). The molecule has 0 fully saturated rings. The van der Waals surface area contributed by atoms with Crippen molar-refractivity contribution in [2.75, 3.05) is 24.2 Å². The van der Waals surface area contributed by atoms with Gasteiger partial charge >= 0.3 is 0 Å². The summed E-state index contributed by atoms with van der Waals surface area (Å²) < 4.78 is 0. The Labute approximate surface area is 114 Å². The predicted octanol–water partition coefficient (Wildman–Crippen LogP) is 2.89. The van der Waals surface area contributed by atoms with Gasteiger partial charge in [0.25, 0.3) is 0 Å². The highest BCUT2D eigenvalue weighted by Crippen LogP contribution is 2.38. The summed E-state index contributed by atoms with van der Waals surface area (Å²) in [6.45, 7) is 3.22. The zero-order valence-electron chi connectivity index (χ0n) is 11.5. The smallest absolute Gasteiger partial charge is 0.123 e. The molecule has 2 N–H and O–H groups in total. The number of benzene rings is 1. The van der Waals surface area contributed by atoms with E-state index in [-0.39, 0.29) is 0 Å². The minimum absolute atomic E-state index is 0.599. The van der Waals surface area contributed by atoms with Crippen molar-refractivity contribution in [3.05, 3.63) is 41.6 Å². The number of likely N-dealkylation sites (N-methyl/N-ethyl adjacent to an activating group) is 1. The van der Waals surface area contributed by atoms with Gasteiger partial charge in [-0.3, -0.25) is 0 Å². The Morgan fingerprint density at radius 3 is 2.84 bits per heavy atom. The summed E-state index contributed by atoms with van der Waals surface area (Å²) in [6, 6.07) is 10.5. The van der Waals surface area contributed by atoms with Crippen LogP contribution in [0, 0.1) is 0 Å². The van der Waals surface area contributed by atoms with E-state index in [1.807, 2.05) is 6.07 Å². The number of hydrogen-bond acceptors (Lipinski definition) is 3. The highest BCUT2D eigenvalue weighted by molar-refractivity contribution is 5.83. The van der Waals surface area contributed by atoms with Crippen molar-refractivity contribution in [2.45, 2.75) is 19.8 Å². The zero-order chi connectivity index (χ0) is 13.4. The molecule has 1 aromatic carbocycles. The molecular formula is C16H19N3. The largest absolute Gasteiger partial charge is 0.384 e. The second-order valence-corrected chi connectivity index (χ2v) is 5.07. The molecule has 0 amide bonds. The van der Waals surface area contributed by atoms with Crippen LogP contribution in [0.3, 0.4) is 0 Å². The van der Waals surface area contributed by atoms with Crippen LogP contribution in [0.2, 0.25) is 0 Å². The maximum atomic E-state index is 5.80. The van der Waals surface area contributed by atoms with Crippen LogP contribution in [0.1, 0.15) is 18.2 Å². The molecule has 0 radical (unpaired) electrons. The van der Waals surface area contributed by atoms with Crippen molar-refractivity contribution in [1.29, 1.82) is 0 Å². The zero-order valence-corrected chi connectivity index (χ0v) is 11.5. The van der Waals surface area contributed by atoms with E-state index in [4.69, 9.17) is 5.73 Å². The minimum atomic E-state index is 0.599. The lowest BCUT2D eigenvalue weighted by Gasteiger charge is -2.18. The summed E-state index contributed by atoms with van der Waals surface area (Å²) in [5.41, 5.74) is 12.1. The number of aryl methyl sites for hydroxylation is 1. The predicted molar refractivity (Wildman–Crippen MR) is 80.4 cm³/mol. The van der Waals surface area contributed by atoms with Crippen molar-refractivity contribution >= 4 is 11.5 Å². The first-order valence-electron chi connectivity index (χ1n) is 6.79. The van der Waals surface area contributed by atoms with Crippen molar-refractivity contribution in [1.82, 2.24) is 4.98 Å². The Kier molecular flexibility index (Phi) is 2.90. The molecule has 19 heavy (non-hydrogen) atoms. The Balaban J connectivity index is 2.21. The number of hydrogen-bond donors (Lipinski definition) is 1. The third kappa shape index (κ3) is 1.95. The molecule has 0 atom stereocenters. The van der Waals surface area contributed by atoms with Crippen LogP contribution in [0.5, 0.6) is 0 Å². The third-order valence-electron chi connectivity index (χ3n) is 3.84. The molecule has 2 aromatic rings. The number of nitrogens with two attached hydrogens (primary N) is 1. The van der Waals surface area contributed by atoms with Gasteiger partial charge in [0.2, 0.25) is 0 Å². The monoisotopic (exact) mass is 253 g/mol. The second kappa shape index (κ2) is 4.57. The van der Waals surface area contributed by atoms with Crippen LogP contribution in [0.25, 0.3) is 11.1 Å². The van der Waals surface area contributed by atoms with Crippen LogP contribution in [-0.4, -0.2) is 18.6 Å². The highest BCUT2D eigenvalue weighted by atomic mass is 15.1. The van der Waals surface area contributed by atoms with E-state index in [2.05, 4.69) is 48.1 Å². The lowest BCUT2D eigenvalue weighted by Crippen LogP contribution is -2.13. The summed E-state index contributed by atoms with van der Waals surface area (Å²) in [5, 5.41) is 0. The maximum absolute atomic E-state index is 5.80. The topological polar surface area (TPSA) is 42.1 Å². The van der Waals surface area contributed by atoms with Crippen LogP contribution in [-0.2, 0) is 12.8 Å². The normalized spacial score (nSPS) is 13.7. The van der Waals surface area contributed by atoms with Crippen LogP contribution < -0.4 is 10.6 Å². The molecule has 0 unspecified atom stereocenters. The molecule has 0 spiro atoms. The highest BCUT2D eigenvalue weighted by Gasteiger charge is 2.21. The van der Waals surface area contributed by atoms with Crippen LogP contribution >= 0.6 is 0 Å². The molecule has 1 aliphatic heterocycles. The molecule has 98 valence electrons. The Morgan fingerprint density at radius 2 is 2.05 bits per heavy atom. The van der Waals surface area contributed by atoms with Gasteiger partial charge < -0.3 is 10.6 Å². The van der Waals surface area contributed by atoms with Crippen molar-refractivity contribution in [3.63, 3.8) is 0 Å². The molecule has 3 nitrogen and oxygen atoms in total. The van der Waals surface area contributed by atoms with E-state index in [0.717, 1.165) is 25.1 Å². The van der Waals surface area contributed by atoms with E-state index in [9.17, 15) is 0 Å². The first-order chi connectivity index (χ1) is 9.20. The van der Waals surface area contributed by atoms with E-state index in [0.29, 0.717) is 5.82 Å². The number of para-hydroxylation sites is 1. The summed E-state index contributed by atoms with van der Waals surface area (Å²) in [5.74, 6) is 0.599. The number of nitrogens with zero attached hydrogens (tertiary/aromatic N) is 2. The molecule has 3 rings (SSSR count). The fourth-order valence-electron chi connectivity index (χ4n) is 2.89. The minimum Gasteiger partial charge on any atom is -0.384 e. The summed E-state index contributed by atoms with van der Waals surface area (Å²) in [6.07, 6.45) is 2.03. The van der Waals surface area contributed by atoms with Gasteiger partial charge in [-0.25, -0.2) is 4.98 Å². The van der Waals surface area contributed by atoms with Gasteiger partial charge in [0, 0.05) is 30.4 Å². The van der Waals surface area contributed by atoms with Crippen LogP contribution in [0.4, 0.5) is 11.5 Å². The lowest BCUT2D eigenvalue weighted by molar-refractivity contribution is 0.956. The molecule has 1 aliphatic rings. The average Bonchev–Trinajstić information content (AvgIpc) is 2.81. The summed E-state index contributed by atoms with van der Waals surface area (Å²) in [4.78, 5) is 6.81. The molecule has 1 aromatic heterocycles. The van der Waals surface area contributed by atoms with Crippen molar-refractivity contribution < 1.29 is 0 Å². The van der Waals surface area contributed by atoms with Gasteiger partial charge in [0.1, 0.15) is 5.82 Å². The molecule has 0 aliphatic carbocycles. The fraction of sp³-hybridized carbons (Fsp3) is 0.312. The van der Waals surface area contributed by atoms with Crippen LogP contribution in [0.15, 0.2) is 30.3 Å². The number of nitrogen functional groups attached to an aromatic ring is 1. The SMILES string of the molecule is CCc1nc(N)ccc1-c1cccc2c1N(C)CC2. The molecule has 0 saturated carbocycles. The Hall–Kier alpha value is -2.03. The van der Waals surface area contributed by atoms with E-state index in [1.165, 1.54) is 22.4 Å². The van der Waals surface area contributed by atoms with Crippen molar-refractivity contribution in [3.8, 4) is 11.1 Å². The number of pyridine rings is 1. The van der Waals surface area contributed by atoms with Gasteiger partial charge in [-0.1, -0.05) is 25.1 Å². The molecule has 2 heterocycles. The Bertz CT molecular complexity index is 619. The number of aromatic nitrogens is 1.